The second-order valence-electron chi connectivity index (χ2n) is 6.44. The first-order valence-corrected chi connectivity index (χ1v) is 8.70. The molecule has 5 nitrogen and oxygen atoms in total. The number of carbonyl (C=O) groups is 2. The summed E-state index contributed by atoms with van der Waals surface area (Å²) in [6, 6.07) is 11.3. The molecule has 1 saturated heterocycles. The molecule has 130 valence electrons. The Balaban J connectivity index is 1.57. The lowest BCUT2D eigenvalue weighted by Crippen LogP contribution is -2.52. The van der Waals surface area contributed by atoms with Gasteiger partial charge in [0.25, 0.3) is 0 Å². The van der Waals surface area contributed by atoms with Gasteiger partial charge in [-0.3, -0.25) is 14.6 Å². The molecule has 0 saturated carbocycles. The zero-order chi connectivity index (χ0) is 17.6. The molecular weight excluding hydrogens is 314 g/mol. The van der Waals surface area contributed by atoms with E-state index in [4.69, 9.17) is 0 Å². The van der Waals surface area contributed by atoms with Crippen molar-refractivity contribution in [3.8, 4) is 0 Å². The molecule has 5 heteroatoms. The molecule has 0 spiro atoms. The van der Waals surface area contributed by atoms with Crippen molar-refractivity contribution in [1.82, 2.24) is 10.3 Å². The summed E-state index contributed by atoms with van der Waals surface area (Å²) in [6.07, 6.45) is 6.04. The number of nitrogens with zero attached hydrogens (tertiary/aromatic N) is 2. The molecule has 1 aliphatic heterocycles. The van der Waals surface area contributed by atoms with E-state index >= 15 is 0 Å². The molecule has 2 heterocycles. The number of hydrogen-bond donors (Lipinski definition) is 1. The van der Waals surface area contributed by atoms with E-state index < -0.39 is 6.04 Å². The van der Waals surface area contributed by atoms with Crippen molar-refractivity contribution in [3.63, 3.8) is 0 Å². The Bertz CT molecular complexity index is 728. The van der Waals surface area contributed by atoms with E-state index in [1.165, 1.54) is 0 Å². The molecule has 2 amide bonds. The van der Waals surface area contributed by atoms with E-state index in [0.717, 1.165) is 23.2 Å². The number of piperidine rings is 1. The lowest BCUT2D eigenvalue weighted by molar-refractivity contribution is -0.128. The highest BCUT2D eigenvalue weighted by Gasteiger charge is 2.30. The fourth-order valence-corrected chi connectivity index (χ4v) is 3.06. The number of nitrogens with one attached hydrogen (secondary N) is 1. The molecule has 0 unspecified atom stereocenters. The molecule has 2 aromatic rings. The fraction of sp³-hybridized carbons (Fsp3) is 0.350. The molecule has 0 bridgehead atoms. The van der Waals surface area contributed by atoms with Gasteiger partial charge < -0.3 is 10.2 Å². The maximum Gasteiger partial charge on any atom is 0.249 e. The summed E-state index contributed by atoms with van der Waals surface area (Å²) in [7, 11) is 0. The van der Waals surface area contributed by atoms with Gasteiger partial charge in [-0.15, -0.1) is 0 Å². The Morgan fingerprint density at radius 3 is 2.64 bits per heavy atom. The number of aromatic nitrogens is 1. The molecule has 1 aromatic heterocycles. The van der Waals surface area contributed by atoms with Gasteiger partial charge in [0.15, 0.2) is 0 Å². The zero-order valence-corrected chi connectivity index (χ0v) is 14.4. The maximum atomic E-state index is 12.7. The van der Waals surface area contributed by atoms with Crippen molar-refractivity contribution in [3.05, 3.63) is 59.9 Å². The topological polar surface area (TPSA) is 62.3 Å². The van der Waals surface area contributed by atoms with Crippen molar-refractivity contribution >= 4 is 17.5 Å². The lowest BCUT2D eigenvalue weighted by Gasteiger charge is -2.32. The predicted octanol–water partition coefficient (Wildman–Crippen LogP) is 2.63. The van der Waals surface area contributed by atoms with Crippen LogP contribution in [-0.2, 0) is 16.0 Å². The first kappa shape index (κ1) is 17.1. The van der Waals surface area contributed by atoms with Gasteiger partial charge in [-0.05, 0) is 56.0 Å². The Hall–Kier alpha value is -2.69. The van der Waals surface area contributed by atoms with E-state index in [1.54, 1.807) is 17.3 Å². The minimum absolute atomic E-state index is 0.0210. The third kappa shape index (κ3) is 4.44. The summed E-state index contributed by atoms with van der Waals surface area (Å²) >= 11 is 0. The third-order valence-electron chi connectivity index (χ3n) is 4.51. The highest BCUT2D eigenvalue weighted by molar-refractivity contribution is 5.99. The van der Waals surface area contributed by atoms with Crippen LogP contribution in [0.2, 0.25) is 0 Å². The zero-order valence-electron chi connectivity index (χ0n) is 14.4. The number of benzene rings is 1. The summed E-state index contributed by atoms with van der Waals surface area (Å²) in [5, 5.41) is 2.90. The third-order valence-corrected chi connectivity index (χ3v) is 4.51. The van der Waals surface area contributed by atoms with Crippen LogP contribution in [0.4, 0.5) is 5.69 Å². The first-order valence-electron chi connectivity index (χ1n) is 8.70. The van der Waals surface area contributed by atoms with E-state index in [1.807, 2.05) is 43.3 Å². The molecule has 0 aliphatic carbocycles. The second-order valence-corrected chi connectivity index (χ2v) is 6.44. The van der Waals surface area contributed by atoms with Crippen LogP contribution in [0.15, 0.2) is 48.8 Å². The van der Waals surface area contributed by atoms with Gasteiger partial charge in [-0.1, -0.05) is 17.7 Å². The number of pyridine rings is 1. The van der Waals surface area contributed by atoms with Gasteiger partial charge in [0.2, 0.25) is 11.8 Å². The van der Waals surface area contributed by atoms with E-state index in [9.17, 15) is 9.59 Å². The monoisotopic (exact) mass is 337 g/mol. The molecule has 25 heavy (non-hydrogen) atoms. The quantitative estimate of drug-likeness (QED) is 0.912. The lowest BCUT2D eigenvalue weighted by atomic mass is 10.0. The van der Waals surface area contributed by atoms with Crippen molar-refractivity contribution in [2.24, 2.45) is 0 Å². The average Bonchev–Trinajstić information content (AvgIpc) is 2.63. The van der Waals surface area contributed by atoms with E-state index in [2.05, 4.69) is 10.3 Å². The standard InChI is InChI=1S/C20H23N3O2/c1-15-4-7-17(8-5-15)23-14-2-3-18(20(23)25)22-19(24)9-6-16-10-12-21-13-11-16/h4-5,7-8,10-13,18H,2-3,6,9,14H2,1H3,(H,22,24)/t18-/m1/s1. The van der Waals surface area contributed by atoms with Crippen molar-refractivity contribution in [2.45, 2.75) is 38.6 Å². The SMILES string of the molecule is Cc1ccc(N2CCC[C@@H](NC(=O)CCc3ccncc3)C2=O)cc1. The number of hydrogen-bond acceptors (Lipinski definition) is 3. The number of anilines is 1. The molecule has 1 N–H and O–H groups in total. The molecule has 0 radical (unpaired) electrons. The van der Waals surface area contributed by atoms with Gasteiger partial charge in [0.05, 0.1) is 0 Å². The Morgan fingerprint density at radius 2 is 1.92 bits per heavy atom. The molecule has 1 atom stereocenters. The van der Waals surface area contributed by atoms with Crippen LogP contribution in [0.25, 0.3) is 0 Å². The van der Waals surface area contributed by atoms with Crippen molar-refractivity contribution < 1.29 is 9.59 Å². The smallest absolute Gasteiger partial charge is 0.249 e. The minimum atomic E-state index is -0.431. The van der Waals surface area contributed by atoms with E-state index in [0.29, 0.717) is 25.8 Å². The van der Waals surface area contributed by atoms with Gasteiger partial charge in [0, 0.05) is 31.0 Å². The Morgan fingerprint density at radius 1 is 1.20 bits per heavy atom. The number of carbonyl (C=O) groups excluding carboxylic acids is 2. The van der Waals surface area contributed by atoms with Crippen LogP contribution < -0.4 is 10.2 Å². The average molecular weight is 337 g/mol. The fourth-order valence-electron chi connectivity index (χ4n) is 3.06. The van der Waals surface area contributed by atoms with Crippen molar-refractivity contribution in [2.75, 3.05) is 11.4 Å². The largest absolute Gasteiger partial charge is 0.344 e. The number of amides is 2. The van der Waals surface area contributed by atoms with Crippen LogP contribution in [0, 0.1) is 6.92 Å². The summed E-state index contributed by atoms with van der Waals surface area (Å²) in [4.78, 5) is 30.7. The summed E-state index contributed by atoms with van der Waals surface area (Å²) in [6.45, 7) is 2.72. The van der Waals surface area contributed by atoms with Gasteiger partial charge >= 0.3 is 0 Å². The summed E-state index contributed by atoms with van der Waals surface area (Å²) in [5.74, 6) is -0.103. The molecule has 3 rings (SSSR count). The number of rotatable bonds is 5. The minimum Gasteiger partial charge on any atom is -0.344 e. The second kappa shape index (κ2) is 7.92. The summed E-state index contributed by atoms with van der Waals surface area (Å²) < 4.78 is 0. The van der Waals surface area contributed by atoms with Crippen LogP contribution >= 0.6 is 0 Å². The molecule has 1 aliphatic rings. The normalized spacial score (nSPS) is 17.4. The van der Waals surface area contributed by atoms with Gasteiger partial charge in [-0.25, -0.2) is 0 Å². The maximum absolute atomic E-state index is 12.7. The Labute approximate surface area is 148 Å². The van der Waals surface area contributed by atoms with Gasteiger partial charge in [0.1, 0.15) is 6.04 Å². The Kier molecular flexibility index (Phi) is 5.43. The molecule has 1 fully saturated rings. The van der Waals surface area contributed by atoms with E-state index in [-0.39, 0.29) is 11.8 Å². The highest BCUT2D eigenvalue weighted by Crippen LogP contribution is 2.21. The molecular formula is C20H23N3O2. The van der Waals surface area contributed by atoms with Crippen LogP contribution in [0.3, 0.4) is 0 Å². The van der Waals surface area contributed by atoms with Crippen molar-refractivity contribution in [1.29, 1.82) is 0 Å². The highest BCUT2D eigenvalue weighted by atomic mass is 16.2. The van der Waals surface area contributed by atoms with Gasteiger partial charge in [-0.2, -0.15) is 0 Å². The van der Waals surface area contributed by atoms with Crippen LogP contribution in [0.1, 0.15) is 30.4 Å². The van der Waals surface area contributed by atoms with Crippen LogP contribution in [0.5, 0.6) is 0 Å². The first-order chi connectivity index (χ1) is 12.1. The van der Waals surface area contributed by atoms with Crippen LogP contribution in [-0.4, -0.2) is 29.4 Å². The molecule has 1 aromatic carbocycles. The number of aryl methyl sites for hydroxylation is 2. The summed E-state index contributed by atoms with van der Waals surface area (Å²) in [5.41, 5.74) is 3.13. The predicted molar refractivity (Wildman–Crippen MR) is 97.3 cm³/mol.